The Balaban J connectivity index is 1.93. The summed E-state index contributed by atoms with van der Waals surface area (Å²) in [5.41, 5.74) is 0.999. The quantitative estimate of drug-likeness (QED) is 0.755. The minimum Gasteiger partial charge on any atom is -0.396 e. The average Bonchev–Trinajstić information content (AvgIpc) is 2.56. The largest absolute Gasteiger partial charge is 0.396 e. The number of carbonyl (C=O) groups is 1. The van der Waals surface area contributed by atoms with E-state index in [1.807, 2.05) is 30.3 Å². The lowest BCUT2D eigenvalue weighted by Crippen LogP contribution is -2.50. The molecule has 1 aromatic rings. The predicted molar refractivity (Wildman–Crippen MR) is 85.6 cm³/mol. The molecular formula is C17H26N2O3. The number of methoxy groups -OCH3 is 1. The number of hydrogen-bond acceptors (Lipinski definition) is 3. The molecule has 3 N–H and O–H groups in total. The highest BCUT2D eigenvalue weighted by molar-refractivity contribution is 5.74. The zero-order valence-corrected chi connectivity index (χ0v) is 13.1. The Morgan fingerprint density at radius 3 is 2.73 bits per heavy atom. The van der Waals surface area contributed by atoms with Crippen molar-refractivity contribution in [3.63, 3.8) is 0 Å². The molecule has 0 bridgehead atoms. The van der Waals surface area contributed by atoms with Crippen LogP contribution in [0.2, 0.25) is 0 Å². The molecule has 1 saturated carbocycles. The van der Waals surface area contributed by atoms with E-state index in [1.54, 1.807) is 7.11 Å². The summed E-state index contributed by atoms with van der Waals surface area (Å²) in [4.78, 5) is 12.3. The minimum absolute atomic E-state index is 0.0317. The maximum absolute atomic E-state index is 12.3. The molecule has 5 heteroatoms. The second kappa shape index (κ2) is 8.76. The highest BCUT2D eigenvalue weighted by Gasteiger charge is 2.26. The molecule has 22 heavy (non-hydrogen) atoms. The first-order valence-corrected chi connectivity index (χ1v) is 8.00. The van der Waals surface area contributed by atoms with Gasteiger partial charge in [0.25, 0.3) is 0 Å². The van der Waals surface area contributed by atoms with Crippen LogP contribution < -0.4 is 10.6 Å². The van der Waals surface area contributed by atoms with E-state index in [4.69, 9.17) is 4.74 Å². The monoisotopic (exact) mass is 306 g/mol. The molecule has 1 aliphatic carbocycles. The molecule has 1 aromatic carbocycles. The van der Waals surface area contributed by atoms with Gasteiger partial charge in [0.2, 0.25) is 0 Å². The van der Waals surface area contributed by atoms with Crippen molar-refractivity contribution >= 4 is 6.03 Å². The first-order valence-electron chi connectivity index (χ1n) is 8.00. The molecule has 1 aliphatic rings. The SMILES string of the molecule is CO[C@@H]1CCCC[C@@H]1NC(=O)N[C@H](CCO)c1ccccc1. The summed E-state index contributed by atoms with van der Waals surface area (Å²) < 4.78 is 5.46. The van der Waals surface area contributed by atoms with Gasteiger partial charge in [0, 0.05) is 13.7 Å². The fourth-order valence-electron chi connectivity index (χ4n) is 3.05. The van der Waals surface area contributed by atoms with Crippen molar-refractivity contribution in [1.29, 1.82) is 0 Å². The van der Waals surface area contributed by atoms with E-state index in [0.29, 0.717) is 6.42 Å². The van der Waals surface area contributed by atoms with Gasteiger partial charge in [-0.05, 0) is 24.8 Å². The second-order valence-corrected chi connectivity index (χ2v) is 5.76. The Bertz CT molecular complexity index is 452. The van der Waals surface area contributed by atoms with E-state index in [2.05, 4.69) is 10.6 Å². The highest BCUT2D eigenvalue weighted by atomic mass is 16.5. The number of benzene rings is 1. The van der Waals surface area contributed by atoms with Crippen LogP contribution in [0, 0.1) is 0 Å². The fraction of sp³-hybridized carbons (Fsp3) is 0.588. The molecule has 2 amide bonds. The summed E-state index contributed by atoms with van der Waals surface area (Å²) >= 11 is 0. The van der Waals surface area contributed by atoms with Gasteiger partial charge in [0.1, 0.15) is 0 Å². The standard InChI is InChI=1S/C17H26N2O3/c1-22-16-10-6-5-9-15(16)19-17(21)18-14(11-12-20)13-7-3-2-4-8-13/h2-4,7-8,14-16,20H,5-6,9-12H2,1H3,(H2,18,19,21)/t14-,15+,16-/m1/s1. The first-order chi connectivity index (χ1) is 10.7. The molecule has 5 nitrogen and oxygen atoms in total. The third-order valence-corrected chi connectivity index (χ3v) is 4.25. The van der Waals surface area contributed by atoms with Gasteiger partial charge in [-0.25, -0.2) is 4.79 Å². The Morgan fingerprint density at radius 2 is 2.05 bits per heavy atom. The van der Waals surface area contributed by atoms with Gasteiger partial charge in [-0.15, -0.1) is 0 Å². The Kier molecular flexibility index (Phi) is 6.68. The van der Waals surface area contributed by atoms with Crippen LogP contribution in [0.1, 0.15) is 43.7 Å². The number of rotatable bonds is 6. The number of aliphatic hydroxyl groups excluding tert-OH is 1. The van der Waals surface area contributed by atoms with Crippen molar-refractivity contribution in [2.45, 2.75) is 50.3 Å². The number of nitrogens with one attached hydrogen (secondary N) is 2. The molecule has 0 unspecified atom stereocenters. The van der Waals surface area contributed by atoms with Gasteiger partial charge in [0.15, 0.2) is 0 Å². The van der Waals surface area contributed by atoms with Crippen LogP contribution in [0.3, 0.4) is 0 Å². The summed E-state index contributed by atoms with van der Waals surface area (Å²) in [5, 5.41) is 15.2. The lowest BCUT2D eigenvalue weighted by atomic mass is 9.92. The molecule has 0 heterocycles. The third-order valence-electron chi connectivity index (χ3n) is 4.25. The van der Waals surface area contributed by atoms with Gasteiger partial charge >= 0.3 is 6.03 Å². The van der Waals surface area contributed by atoms with Crippen LogP contribution in [0.15, 0.2) is 30.3 Å². The summed E-state index contributed by atoms with van der Waals surface area (Å²) in [6, 6.07) is 9.39. The molecule has 1 fully saturated rings. The van der Waals surface area contributed by atoms with E-state index in [9.17, 15) is 9.90 Å². The van der Waals surface area contributed by atoms with Crippen LogP contribution in [0.25, 0.3) is 0 Å². The van der Waals surface area contributed by atoms with Gasteiger partial charge < -0.3 is 20.5 Å². The predicted octanol–water partition coefficient (Wildman–Crippen LogP) is 2.37. The lowest BCUT2D eigenvalue weighted by Gasteiger charge is -2.31. The molecule has 0 radical (unpaired) electrons. The molecular weight excluding hydrogens is 280 g/mol. The summed E-state index contributed by atoms with van der Waals surface area (Å²) in [5.74, 6) is 0. The van der Waals surface area contributed by atoms with Gasteiger partial charge in [0.05, 0.1) is 18.2 Å². The number of carbonyl (C=O) groups excluding carboxylic acids is 1. The molecule has 3 atom stereocenters. The van der Waals surface area contributed by atoms with Gasteiger partial charge in [-0.2, -0.15) is 0 Å². The number of amides is 2. The van der Waals surface area contributed by atoms with Crippen LogP contribution in [0.4, 0.5) is 4.79 Å². The van der Waals surface area contributed by atoms with Crippen molar-refractivity contribution in [2.75, 3.05) is 13.7 Å². The van der Waals surface area contributed by atoms with Crippen molar-refractivity contribution in [3.8, 4) is 0 Å². The van der Waals surface area contributed by atoms with Gasteiger partial charge in [-0.3, -0.25) is 0 Å². The van der Waals surface area contributed by atoms with E-state index in [0.717, 1.165) is 31.2 Å². The average molecular weight is 306 g/mol. The zero-order valence-electron chi connectivity index (χ0n) is 13.1. The van der Waals surface area contributed by atoms with Crippen LogP contribution in [0.5, 0.6) is 0 Å². The topological polar surface area (TPSA) is 70.6 Å². The Labute approximate surface area is 132 Å². The minimum atomic E-state index is -0.198. The maximum Gasteiger partial charge on any atom is 0.315 e. The fourth-order valence-corrected chi connectivity index (χ4v) is 3.05. The zero-order chi connectivity index (χ0) is 15.8. The van der Waals surface area contributed by atoms with Crippen LogP contribution in [-0.2, 0) is 4.74 Å². The van der Waals surface area contributed by atoms with E-state index in [1.165, 1.54) is 0 Å². The third kappa shape index (κ3) is 4.71. The Hall–Kier alpha value is -1.59. The van der Waals surface area contributed by atoms with Crippen LogP contribution in [-0.4, -0.2) is 37.0 Å². The number of ether oxygens (including phenoxy) is 1. The smallest absolute Gasteiger partial charge is 0.315 e. The first kappa shape index (κ1) is 16.8. The van der Waals surface area contributed by atoms with E-state index >= 15 is 0 Å². The van der Waals surface area contributed by atoms with Crippen LogP contribution >= 0.6 is 0 Å². The maximum atomic E-state index is 12.3. The number of aliphatic hydroxyl groups is 1. The lowest BCUT2D eigenvalue weighted by molar-refractivity contribution is 0.0450. The van der Waals surface area contributed by atoms with E-state index < -0.39 is 0 Å². The summed E-state index contributed by atoms with van der Waals surface area (Å²) in [7, 11) is 1.70. The van der Waals surface area contributed by atoms with E-state index in [-0.39, 0.29) is 30.8 Å². The molecule has 122 valence electrons. The normalized spacial score (nSPS) is 22.8. The molecule has 0 aliphatic heterocycles. The molecule has 2 rings (SSSR count). The van der Waals surface area contributed by atoms with Crippen molar-refractivity contribution in [3.05, 3.63) is 35.9 Å². The Morgan fingerprint density at radius 1 is 1.32 bits per heavy atom. The molecule has 0 aromatic heterocycles. The van der Waals surface area contributed by atoms with Gasteiger partial charge in [-0.1, -0.05) is 43.2 Å². The second-order valence-electron chi connectivity index (χ2n) is 5.76. The van der Waals surface area contributed by atoms with Crippen molar-refractivity contribution in [2.24, 2.45) is 0 Å². The number of hydrogen-bond donors (Lipinski definition) is 3. The number of urea groups is 1. The highest BCUT2D eigenvalue weighted by Crippen LogP contribution is 2.21. The molecule has 0 spiro atoms. The molecule has 0 saturated heterocycles. The van der Waals surface area contributed by atoms with Crippen molar-refractivity contribution in [1.82, 2.24) is 10.6 Å². The summed E-state index contributed by atoms with van der Waals surface area (Å²) in [6.07, 6.45) is 4.78. The van der Waals surface area contributed by atoms with Crippen molar-refractivity contribution < 1.29 is 14.6 Å². The summed E-state index contributed by atoms with van der Waals surface area (Å²) in [6.45, 7) is 0.0317.